The van der Waals surface area contributed by atoms with Gasteiger partial charge >= 0.3 is 23.3 Å². The summed E-state index contributed by atoms with van der Waals surface area (Å²) in [6.45, 7) is 2.06. The number of hydrogen-bond acceptors (Lipinski definition) is 6. The summed E-state index contributed by atoms with van der Waals surface area (Å²) in [6, 6.07) is 39.7. The fourth-order valence-electron chi connectivity index (χ4n) is 5.14. The number of fused-ring (bicyclic) bond motifs is 1. The van der Waals surface area contributed by atoms with Crippen molar-refractivity contribution in [3.63, 3.8) is 0 Å². The van der Waals surface area contributed by atoms with E-state index in [0.29, 0.717) is 0 Å². The maximum absolute atomic E-state index is 12.2. The summed E-state index contributed by atoms with van der Waals surface area (Å²) in [5.41, 5.74) is 2.92. The van der Waals surface area contributed by atoms with Crippen LogP contribution in [-0.4, -0.2) is 57.6 Å². The molecule has 0 fully saturated rings. The van der Waals surface area contributed by atoms with E-state index in [1.54, 1.807) is 21.3 Å². The van der Waals surface area contributed by atoms with Gasteiger partial charge in [-0.05, 0) is 72.8 Å². The van der Waals surface area contributed by atoms with Crippen LogP contribution in [0, 0.1) is 18.8 Å². The normalized spacial score (nSPS) is 12.8. The summed E-state index contributed by atoms with van der Waals surface area (Å²) in [4.78, 5) is 3.60. The van der Waals surface area contributed by atoms with Gasteiger partial charge in [-0.1, -0.05) is 72.1 Å². The number of benzene rings is 5. The molecule has 0 spiro atoms. The highest BCUT2D eigenvalue weighted by Gasteiger charge is 2.83. The molecule has 0 saturated carbocycles. The van der Waals surface area contributed by atoms with Gasteiger partial charge in [-0.25, -0.2) is 8.42 Å². The van der Waals surface area contributed by atoms with E-state index in [4.69, 9.17) is 14.2 Å². The van der Waals surface area contributed by atoms with Crippen molar-refractivity contribution in [2.45, 2.75) is 50.7 Å². The van der Waals surface area contributed by atoms with E-state index in [1.165, 1.54) is 15.4 Å². The highest BCUT2D eigenvalue weighted by molar-refractivity contribution is 7.97. The second-order valence-corrected chi connectivity index (χ2v) is 15.1. The van der Waals surface area contributed by atoms with Crippen molar-refractivity contribution in [3.05, 3.63) is 132 Å². The molecule has 17 heteroatoms. The second kappa shape index (κ2) is 16.8. The third-order valence-electron chi connectivity index (χ3n) is 8.12. The number of rotatable bonds is 10. The lowest BCUT2D eigenvalue weighted by Crippen LogP contribution is -2.63. The third kappa shape index (κ3) is 8.64. The first-order valence-corrected chi connectivity index (χ1v) is 18.5. The zero-order valence-electron chi connectivity index (χ0n) is 29.6. The van der Waals surface area contributed by atoms with E-state index in [9.17, 15) is 52.5 Å². The summed E-state index contributed by atoms with van der Waals surface area (Å²) in [5, 5.41) is -4.94. The molecular weight excluding hydrogens is 800 g/mol. The molecule has 0 unspecified atom stereocenters. The van der Waals surface area contributed by atoms with E-state index in [-0.39, 0.29) is 10.9 Å². The fourth-order valence-corrected chi connectivity index (χ4v) is 7.95. The molecule has 5 aromatic carbocycles. The van der Waals surface area contributed by atoms with E-state index in [1.807, 2.05) is 36.4 Å². The minimum absolute atomic E-state index is 0.378. The summed E-state index contributed by atoms with van der Waals surface area (Å²) in [5.74, 6) is -8.69. The van der Waals surface area contributed by atoms with Crippen LogP contribution < -0.4 is 4.74 Å². The summed E-state index contributed by atoms with van der Waals surface area (Å²) >= 11 is 0. The molecule has 0 radical (unpaired) electrons. The predicted molar refractivity (Wildman–Crippen MR) is 190 cm³/mol. The highest BCUT2D eigenvalue weighted by Crippen LogP contribution is 2.54. The first-order valence-electron chi connectivity index (χ1n) is 15.9. The van der Waals surface area contributed by atoms with Crippen LogP contribution in [0.25, 0.3) is 10.8 Å². The molecule has 0 aliphatic rings. The van der Waals surface area contributed by atoms with Crippen molar-refractivity contribution in [1.82, 2.24) is 0 Å². The Kier molecular flexibility index (Phi) is 13.2. The van der Waals surface area contributed by atoms with E-state index in [2.05, 4.69) is 97.6 Å². The van der Waals surface area contributed by atoms with Gasteiger partial charge in [0.05, 0.1) is 7.11 Å². The first kappa shape index (κ1) is 44.0. The highest BCUT2D eigenvalue weighted by atomic mass is 32.2. The van der Waals surface area contributed by atoms with Crippen LogP contribution in [0.1, 0.15) is 16.7 Å². The SMILES string of the molecule is COc1ccc2cc(C(C#Cc3ccc(C)cc3)(OC)OC)ccc2c1[S+](c1ccccc1)c1ccccc1.O=S(=O)([O-])C(F)(F)C(F)(F)C(F)(F)C(F)(F)F. The van der Waals surface area contributed by atoms with Crippen LogP contribution in [0.4, 0.5) is 39.5 Å². The summed E-state index contributed by atoms with van der Waals surface area (Å²) < 4.78 is 153. The van der Waals surface area contributed by atoms with Crippen molar-refractivity contribution >= 4 is 31.8 Å². The molecule has 0 saturated heterocycles. The minimum atomic E-state index is -7.43. The number of alkyl halides is 9. The number of ether oxygens (including phenoxy) is 3. The molecule has 5 aromatic rings. The molecule has 0 atom stereocenters. The van der Waals surface area contributed by atoms with Crippen molar-refractivity contribution in [2.75, 3.05) is 21.3 Å². The van der Waals surface area contributed by atoms with Gasteiger partial charge in [-0.15, -0.1) is 0 Å². The maximum atomic E-state index is 12.2. The Bertz CT molecular complexity index is 2250. The molecule has 0 heterocycles. The van der Waals surface area contributed by atoms with Gasteiger partial charge < -0.3 is 18.8 Å². The molecule has 0 amide bonds. The van der Waals surface area contributed by atoms with Gasteiger partial charge in [-0.3, -0.25) is 0 Å². The lowest BCUT2D eigenvalue weighted by Gasteiger charge is -2.34. The van der Waals surface area contributed by atoms with Crippen LogP contribution >= 0.6 is 0 Å². The quantitative estimate of drug-likeness (QED) is 0.0459. The van der Waals surface area contributed by atoms with Crippen LogP contribution in [-0.2, 0) is 36.3 Å². The predicted octanol–water partition coefficient (Wildman–Crippen LogP) is 9.71. The lowest BCUT2D eigenvalue weighted by atomic mass is 10.00. The van der Waals surface area contributed by atoms with Gasteiger partial charge in [0.25, 0.3) is 5.79 Å². The fraction of sp³-hybridized carbons (Fsp3) is 0.231. The topological polar surface area (TPSA) is 84.9 Å². The Morgan fingerprint density at radius 2 is 1.18 bits per heavy atom. The van der Waals surface area contributed by atoms with Crippen molar-refractivity contribution in [1.29, 1.82) is 0 Å². The van der Waals surface area contributed by atoms with Crippen LogP contribution in [0.2, 0.25) is 0 Å². The smallest absolute Gasteiger partial charge is 0.460 e. The maximum Gasteiger partial charge on any atom is 0.460 e. The molecule has 0 aliphatic heterocycles. The van der Waals surface area contributed by atoms with Crippen LogP contribution in [0.5, 0.6) is 5.75 Å². The van der Waals surface area contributed by atoms with Crippen molar-refractivity contribution < 1.29 is 66.7 Å². The zero-order valence-corrected chi connectivity index (χ0v) is 31.3. The Balaban J connectivity index is 0.000000347. The number of hydrogen-bond donors (Lipinski definition) is 0. The Labute approximate surface area is 319 Å². The molecule has 0 aromatic heterocycles. The molecule has 56 heavy (non-hydrogen) atoms. The first-order chi connectivity index (χ1) is 26.1. The van der Waals surface area contributed by atoms with Gasteiger partial charge in [-0.2, -0.15) is 39.5 Å². The van der Waals surface area contributed by atoms with Crippen LogP contribution in [0.15, 0.2) is 130 Å². The molecule has 0 aliphatic carbocycles. The average molecular weight is 831 g/mol. The minimum Gasteiger partial charge on any atom is -0.743 e. The standard InChI is InChI=1S/C35H31O3S.C4HF9O3S/c1-26-15-17-27(18-16-26)23-24-35(37-3,38-4)29-20-21-32-28(25-29)19-22-33(36-2)34(32)39(30-11-7-5-8-12-30)31-13-9-6-10-14-31;5-1(6,3(9,10)11)2(7,8)4(12,13)17(14,15)16/h5-22,25H,1-4H3;(H,14,15,16)/q+1;/p-1. The summed E-state index contributed by atoms with van der Waals surface area (Å²) in [7, 11) is -2.81. The molecule has 6 nitrogen and oxygen atoms in total. The Morgan fingerprint density at radius 3 is 1.62 bits per heavy atom. The second-order valence-electron chi connectivity index (χ2n) is 11.7. The molecular formula is C39H31F9O6S2. The molecule has 0 bridgehead atoms. The molecule has 298 valence electrons. The molecule has 5 rings (SSSR count). The number of halogens is 9. The van der Waals surface area contributed by atoms with Gasteiger partial charge in [0.15, 0.2) is 25.7 Å². The van der Waals surface area contributed by atoms with Gasteiger partial charge in [0.1, 0.15) is 10.9 Å². The van der Waals surface area contributed by atoms with E-state index < -0.39 is 39.2 Å². The monoisotopic (exact) mass is 830 g/mol. The average Bonchev–Trinajstić information content (AvgIpc) is 3.16. The van der Waals surface area contributed by atoms with Crippen molar-refractivity contribution in [2.24, 2.45) is 0 Å². The summed E-state index contributed by atoms with van der Waals surface area (Å²) in [6.07, 6.45) is -7.16. The van der Waals surface area contributed by atoms with Crippen LogP contribution in [0.3, 0.4) is 0 Å². The van der Waals surface area contributed by atoms with E-state index in [0.717, 1.165) is 32.5 Å². The lowest BCUT2D eigenvalue weighted by molar-refractivity contribution is -0.382. The Morgan fingerprint density at radius 1 is 0.661 bits per heavy atom. The van der Waals surface area contributed by atoms with Gasteiger partial charge in [0, 0.05) is 30.7 Å². The largest absolute Gasteiger partial charge is 0.743 e. The third-order valence-corrected chi connectivity index (χ3v) is 11.3. The Hall–Kier alpha value is -4.73. The zero-order chi connectivity index (χ0) is 41.7. The number of methoxy groups -OCH3 is 3. The van der Waals surface area contributed by atoms with Crippen molar-refractivity contribution in [3.8, 4) is 17.6 Å². The van der Waals surface area contributed by atoms with E-state index >= 15 is 0 Å². The number of aryl methyl sites for hydroxylation is 1. The van der Waals surface area contributed by atoms with Gasteiger partial charge in [0.2, 0.25) is 4.90 Å². The molecule has 0 N–H and O–H groups in total.